The second kappa shape index (κ2) is 4.27. The van der Waals surface area contributed by atoms with Crippen molar-refractivity contribution in [2.24, 2.45) is 0 Å². The van der Waals surface area contributed by atoms with Crippen LogP contribution in [-0.4, -0.2) is 16.1 Å². The average Bonchev–Trinajstić information content (AvgIpc) is 2.16. The Balaban J connectivity index is 3.19. The quantitative estimate of drug-likeness (QED) is 0.282. The van der Waals surface area contributed by atoms with Gasteiger partial charge in [-0.3, -0.25) is 14.9 Å². The number of hydrogen-bond donors (Lipinski definition) is 1. The molecule has 0 aromatic heterocycles. The van der Waals surface area contributed by atoms with Crippen LogP contribution in [0.3, 0.4) is 0 Å². The van der Waals surface area contributed by atoms with Crippen LogP contribution in [-0.2, 0) is 0 Å². The molecule has 0 spiro atoms. The molecule has 15 heavy (non-hydrogen) atoms. The van der Waals surface area contributed by atoms with Crippen molar-refractivity contribution in [2.75, 3.05) is 5.73 Å². The molecule has 0 saturated carbocycles. The zero-order valence-electron chi connectivity index (χ0n) is 7.94. The first-order valence-corrected chi connectivity index (χ1v) is 4.59. The molecular formula is C9H9ClN2O3. The molecule has 0 saturated heterocycles. The number of Topliss-reactive ketones (excluding diaryl/α,β-unsaturated/α-hetero) is 1. The number of benzene rings is 1. The lowest BCUT2D eigenvalue weighted by Crippen LogP contribution is -2.11. The van der Waals surface area contributed by atoms with Gasteiger partial charge in [-0.2, -0.15) is 0 Å². The van der Waals surface area contributed by atoms with E-state index in [0.717, 1.165) is 6.07 Å². The molecule has 1 aromatic carbocycles. The number of nitrogens with two attached hydrogens (primary N) is 1. The second-order valence-corrected chi connectivity index (χ2v) is 3.67. The Morgan fingerprint density at radius 1 is 1.60 bits per heavy atom. The summed E-state index contributed by atoms with van der Waals surface area (Å²) in [5.74, 6) is -0.361. The summed E-state index contributed by atoms with van der Waals surface area (Å²) in [6.07, 6.45) is 0. The number of nitrogens with zero attached hydrogens (tertiary/aromatic N) is 1. The lowest BCUT2D eigenvalue weighted by Gasteiger charge is -2.03. The number of carbonyl (C=O) groups is 1. The SMILES string of the molecule is CC(Cl)C(=O)c1ccc(N)c([N+](=O)[O-])c1. The summed E-state index contributed by atoms with van der Waals surface area (Å²) in [6.45, 7) is 1.51. The summed E-state index contributed by atoms with van der Waals surface area (Å²) in [7, 11) is 0. The summed E-state index contributed by atoms with van der Waals surface area (Å²) < 4.78 is 0. The Bertz CT molecular complexity index is 418. The summed E-state index contributed by atoms with van der Waals surface area (Å²) in [6, 6.07) is 3.88. The van der Waals surface area contributed by atoms with Crippen molar-refractivity contribution in [1.82, 2.24) is 0 Å². The minimum absolute atomic E-state index is 0.0266. The van der Waals surface area contributed by atoms with Gasteiger partial charge in [-0.25, -0.2) is 0 Å². The van der Waals surface area contributed by atoms with E-state index < -0.39 is 10.3 Å². The van der Waals surface area contributed by atoms with Crippen LogP contribution in [0.15, 0.2) is 18.2 Å². The van der Waals surface area contributed by atoms with Crippen molar-refractivity contribution in [2.45, 2.75) is 12.3 Å². The van der Waals surface area contributed by atoms with E-state index in [1.165, 1.54) is 19.1 Å². The fraction of sp³-hybridized carbons (Fsp3) is 0.222. The number of rotatable bonds is 3. The Labute approximate surface area is 91.0 Å². The van der Waals surface area contributed by atoms with E-state index in [1.54, 1.807) is 0 Å². The maximum atomic E-state index is 11.4. The zero-order chi connectivity index (χ0) is 11.6. The number of ketones is 1. The van der Waals surface area contributed by atoms with E-state index >= 15 is 0 Å². The Morgan fingerprint density at radius 3 is 2.67 bits per heavy atom. The van der Waals surface area contributed by atoms with Crippen LogP contribution in [0.4, 0.5) is 11.4 Å². The number of nitro groups is 1. The zero-order valence-corrected chi connectivity index (χ0v) is 8.69. The highest BCUT2D eigenvalue weighted by Crippen LogP contribution is 2.23. The van der Waals surface area contributed by atoms with Crippen molar-refractivity contribution >= 4 is 28.8 Å². The lowest BCUT2D eigenvalue weighted by molar-refractivity contribution is -0.383. The van der Waals surface area contributed by atoms with Crippen LogP contribution in [0.1, 0.15) is 17.3 Å². The van der Waals surface area contributed by atoms with Crippen molar-refractivity contribution in [3.8, 4) is 0 Å². The van der Waals surface area contributed by atoms with Crippen LogP contribution >= 0.6 is 11.6 Å². The summed E-state index contributed by atoms with van der Waals surface area (Å²) in [5, 5.41) is 9.83. The molecule has 0 radical (unpaired) electrons. The van der Waals surface area contributed by atoms with Crippen molar-refractivity contribution in [3.63, 3.8) is 0 Å². The Kier molecular flexibility index (Phi) is 3.26. The lowest BCUT2D eigenvalue weighted by atomic mass is 10.1. The maximum Gasteiger partial charge on any atom is 0.292 e. The van der Waals surface area contributed by atoms with Crippen LogP contribution in [0.25, 0.3) is 0 Å². The van der Waals surface area contributed by atoms with Crippen LogP contribution in [0.5, 0.6) is 0 Å². The standard InChI is InChI=1S/C9H9ClN2O3/c1-5(10)9(13)6-2-3-7(11)8(4-6)12(14)15/h2-5H,11H2,1H3. The van der Waals surface area contributed by atoms with Gasteiger partial charge in [0.15, 0.2) is 5.78 Å². The molecule has 1 atom stereocenters. The van der Waals surface area contributed by atoms with Gasteiger partial charge in [-0.15, -0.1) is 11.6 Å². The van der Waals surface area contributed by atoms with E-state index in [4.69, 9.17) is 17.3 Å². The fourth-order valence-corrected chi connectivity index (χ4v) is 1.21. The number of hydrogen-bond acceptors (Lipinski definition) is 4. The van der Waals surface area contributed by atoms with Gasteiger partial charge in [0.25, 0.3) is 5.69 Å². The van der Waals surface area contributed by atoms with Crippen molar-refractivity contribution in [1.29, 1.82) is 0 Å². The third-order valence-corrected chi connectivity index (χ3v) is 2.07. The van der Waals surface area contributed by atoms with Gasteiger partial charge in [0, 0.05) is 11.6 Å². The van der Waals surface area contributed by atoms with Crippen LogP contribution in [0, 0.1) is 10.1 Å². The minimum Gasteiger partial charge on any atom is -0.393 e. The van der Waals surface area contributed by atoms with E-state index in [-0.39, 0.29) is 22.7 Å². The molecule has 0 heterocycles. The predicted molar refractivity (Wildman–Crippen MR) is 57.2 cm³/mol. The monoisotopic (exact) mass is 228 g/mol. The maximum absolute atomic E-state index is 11.4. The van der Waals surface area contributed by atoms with Gasteiger partial charge >= 0.3 is 0 Å². The van der Waals surface area contributed by atoms with Gasteiger partial charge in [0.1, 0.15) is 5.69 Å². The van der Waals surface area contributed by atoms with E-state index in [1.807, 2.05) is 0 Å². The highest BCUT2D eigenvalue weighted by atomic mass is 35.5. The first-order chi connectivity index (χ1) is 6.93. The molecule has 0 aliphatic heterocycles. The van der Waals surface area contributed by atoms with Gasteiger partial charge in [0.2, 0.25) is 0 Å². The van der Waals surface area contributed by atoms with Gasteiger partial charge < -0.3 is 5.73 Å². The number of nitrogen functional groups attached to an aromatic ring is 1. The van der Waals surface area contributed by atoms with E-state index in [2.05, 4.69) is 0 Å². The van der Waals surface area contributed by atoms with Crippen molar-refractivity contribution in [3.05, 3.63) is 33.9 Å². The fourth-order valence-electron chi connectivity index (χ4n) is 1.08. The number of halogens is 1. The van der Waals surface area contributed by atoms with Gasteiger partial charge in [-0.05, 0) is 19.1 Å². The van der Waals surface area contributed by atoms with E-state index in [0.29, 0.717) is 0 Å². The molecule has 5 nitrogen and oxygen atoms in total. The average molecular weight is 229 g/mol. The molecule has 6 heteroatoms. The molecule has 0 amide bonds. The first kappa shape index (κ1) is 11.5. The highest BCUT2D eigenvalue weighted by Gasteiger charge is 2.18. The molecule has 0 aliphatic carbocycles. The van der Waals surface area contributed by atoms with Gasteiger partial charge in [-0.1, -0.05) is 0 Å². The predicted octanol–water partition coefficient (Wildman–Crippen LogP) is 1.99. The second-order valence-electron chi connectivity index (χ2n) is 3.01. The number of carbonyl (C=O) groups excluding carboxylic acids is 1. The molecule has 1 unspecified atom stereocenters. The Morgan fingerprint density at radius 2 is 2.20 bits per heavy atom. The van der Waals surface area contributed by atoms with Crippen molar-refractivity contribution < 1.29 is 9.72 Å². The summed E-state index contributed by atoms with van der Waals surface area (Å²) in [4.78, 5) is 21.3. The molecule has 0 fully saturated rings. The first-order valence-electron chi connectivity index (χ1n) is 4.15. The van der Waals surface area contributed by atoms with E-state index in [9.17, 15) is 14.9 Å². The molecule has 1 rings (SSSR count). The third-order valence-electron chi connectivity index (χ3n) is 1.87. The van der Waals surface area contributed by atoms with Crippen LogP contribution in [0.2, 0.25) is 0 Å². The number of nitro benzene ring substituents is 1. The largest absolute Gasteiger partial charge is 0.393 e. The highest BCUT2D eigenvalue weighted by molar-refractivity contribution is 6.33. The van der Waals surface area contributed by atoms with Crippen LogP contribution < -0.4 is 5.73 Å². The summed E-state index contributed by atoms with van der Waals surface area (Å²) in [5.41, 5.74) is 5.32. The smallest absolute Gasteiger partial charge is 0.292 e. The molecular weight excluding hydrogens is 220 g/mol. The normalized spacial score (nSPS) is 12.1. The number of anilines is 1. The molecule has 2 N–H and O–H groups in total. The third kappa shape index (κ3) is 2.44. The molecule has 80 valence electrons. The summed E-state index contributed by atoms with van der Waals surface area (Å²) >= 11 is 5.58. The minimum atomic E-state index is -0.715. The Hall–Kier alpha value is -1.62. The molecule has 1 aromatic rings. The van der Waals surface area contributed by atoms with Gasteiger partial charge in [0.05, 0.1) is 10.3 Å². The molecule has 0 aliphatic rings. The topological polar surface area (TPSA) is 86.2 Å². The number of alkyl halides is 1. The molecule has 0 bridgehead atoms.